The van der Waals surface area contributed by atoms with Crippen molar-refractivity contribution >= 4 is 11.5 Å². The minimum absolute atomic E-state index is 0.234. The maximum absolute atomic E-state index is 11.7. The molecule has 1 aliphatic rings. The molecule has 2 rings (SSSR count). The lowest BCUT2D eigenvalue weighted by Gasteiger charge is -2.02. The van der Waals surface area contributed by atoms with Crippen LogP contribution in [0.1, 0.15) is 35.7 Å². The maximum atomic E-state index is 11.7. The van der Waals surface area contributed by atoms with Gasteiger partial charge in [0.2, 0.25) is 0 Å². The van der Waals surface area contributed by atoms with Crippen LogP contribution in [0.4, 0.5) is 5.69 Å². The topological polar surface area (TPSA) is 29.1 Å². The number of Topliss-reactive ketones (excluding diaryl/α,β-unsaturated/α-hetero) is 1. The van der Waals surface area contributed by atoms with Gasteiger partial charge < -0.3 is 5.32 Å². The summed E-state index contributed by atoms with van der Waals surface area (Å²) in [6.45, 7) is 5.91. The van der Waals surface area contributed by atoms with E-state index in [1.165, 1.54) is 5.56 Å². The van der Waals surface area contributed by atoms with Gasteiger partial charge in [0.1, 0.15) is 0 Å². The molecule has 0 radical (unpaired) electrons. The quantitative estimate of drug-likeness (QED) is 0.761. The van der Waals surface area contributed by atoms with Crippen molar-refractivity contribution in [3.05, 3.63) is 41.6 Å². The van der Waals surface area contributed by atoms with E-state index in [2.05, 4.69) is 11.9 Å². The highest BCUT2D eigenvalue weighted by atomic mass is 16.1. The minimum Gasteiger partial charge on any atom is -0.359 e. The van der Waals surface area contributed by atoms with Crippen molar-refractivity contribution in [3.63, 3.8) is 0 Å². The number of fused-ring (bicyclic) bond motifs is 1. The first kappa shape index (κ1) is 9.97. The number of hydrogen-bond donors (Lipinski definition) is 1. The Kier molecular flexibility index (Phi) is 2.58. The number of allylic oxidation sites excluding steroid dienone is 1. The Labute approximate surface area is 90.0 Å². The van der Waals surface area contributed by atoms with E-state index in [0.29, 0.717) is 6.42 Å². The molecular weight excluding hydrogens is 186 g/mol. The fraction of sp³-hybridized carbons (Fsp3) is 0.308. The normalized spacial score (nSPS) is 13.5. The number of anilines is 1. The highest BCUT2D eigenvalue weighted by Gasteiger charge is 2.15. The fourth-order valence-electron chi connectivity index (χ4n) is 1.87. The zero-order valence-corrected chi connectivity index (χ0v) is 8.97. The molecule has 0 unspecified atom stereocenters. The van der Waals surface area contributed by atoms with Crippen molar-refractivity contribution in [1.29, 1.82) is 0 Å². The molecule has 0 bridgehead atoms. The van der Waals surface area contributed by atoms with Crippen LogP contribution in [-0.2, 0) is 6.42 Å². The van der Waals surface area contributed by atoms with Crippen LogP contribution >= 0.6 is 0 Å². The first-order chi connectivity index (χ1) is 7.20. The molecule has 1 N–H and O–H groups in total. The molecule has 2 heteroatoms. The van der Waals surface area contributed by atoms with Crippen molar-refractivity contribution in [1.82, 2.24) is 0 Å². The Hall–Kier alpha value is -1.57. The van der Waals surface area contributed by atoms with Crippen LogP contribution in [0.5, 0.6) is 0 Å². The predicted molar refractivity (Wildman–Crippen MR) is 62.1 cm³/mol. The third-order valence-corrected chi connectivity index (χ3v) is 2.62. The summed E-state index contributed by atoms with van der Waals surface area (Å²) in [7, 11) is 0. The van der Waals surface area contributed by atoms with E-state index >= 15 is 0 Å². The fourth-order valence-corrected chi connectivity index (χ4v) is 1.87. The molecule has 1 aromatic rings. The van der Waals surface area contributed by atoms with E-state index in [9.17, 15) is 4.79 Å². The number of ketones is 1. The lowest BCUT2D eigenvalue weighted by Crippen LogP contribution is -1.98. The third-order valence-electron chi connectivity index (χ3n) is 2.62. The van der Waals surface area contributed by atoms with E-state index in [-0.39, 0.29) is 5.78 Å². The molecule has 0 saturated carbocycles. The Morgan fingerprint density at radius 1 is 1.53 bits per heavy atom. The van der Waals surface area contributed by atoms with Crippen LogP contribution in [0.25, 0.3) is 0 Å². The molecule has 0 saturated heterocycles. The molecule has 78 valence electrons. The molecule has 1 aromatic carbocycles. The highest BCUT2D eigenvalue weighted by molar-refractivity contribution is 5.96. The number of benzene rings is 1. The predicted octanol–water partition coefficient (Wildman–Crippen LogP) is 3.15. The summed E-state index contributed by atoms with van der Waals surface area (Å²) in [6, 6.07) is 5.84. The monoisotopic (exact) mass is 201 g/mol. The Morgan fingerprint density at radius 3 is 3.07 bits per heavy atom. The molecule has 1 aliphatic heterocycles. The first-order valence-corrected chi connectivity index (χ1v) is 5.31. The summed E-state index contributed by atoms with van der Waals surface area (Å²) in [4.78, 5) is 11.7. The van der Waals surface area contributed by atoms with E-state index in [0.717, 1.165) is 29.8 Å². The van der Waals surface area contributed by atoms with Crippen LogP contribution < -0.4 is 5.32 Å². The molecule has 2 nitrogen and oxygen atoms in total. The molecular formula is C13H15NO. The van der Waals surface area contributed by atoms with Crippen molar-refractivity contribution in [2.24, 2.45) is 0 Å². The van der Waals surface area contributed by atoms with Gasteiger partial charge in [-0.1, -0.05) is 13.5 Å². The molecule has 1 heterocycles. The van der Waals surface area contributed by atoms with E-state index in [1.807, 2.05) is 25.1 Å². The van der Waals surface area contributed by atoms with Gasteiger partial charge in [-0.05, 0) is 30.2 Å². The van der Waals surface area contributed by atoms with Gasteiger partial charge >= 0.3 is 0 Å². The van der Waals surface area contributed by atoms with E-state index in [1.54, 1.807) is 0 Å². The maximum Gasteiger partial charge on any atom is 0.162 e. The molecule has 0 atom stereocenters. The van der Waals surface area contributed by atoms with Crippen LogP contribution in [0.3, 0.4) is 0 Å². The average molecular weight is 201 g/mol. The van der Waals surface area contributed by atoms with Gasteiger partial charge in [0, 0.05) is 29.8 Å². The molecule has 0 aliphatic carbocycles. The number of rotatable bonds is 3. The van der Waals surface area contributed by atoms with E-state index in [4.69, 9.17) is 0 Å². The van der Waals surface area contributed by atoms with E-state index < -0.39 is 0 Å². The van der Waals surface area contributed by atoms with Crippen LogP contribution in [0.2, 0.25) is 0 Å². The van der Waals surface area contributed by atoms with Crippen molar-refractivity contribution in [2.45, 2.75) is 26.2 Å². The van der Waals surface area contributed by atoms with Gasteiger partial charge in [0.25, 0.3) is 0 Å². The summed E-state index contributed by atoms with van der Waals surface area (Å²) in [5, 5.41) is 3.19. The Bertz CT molecular complexity index is 421. The Balaban J connectivity index is 2.27. The molecule has 0 spiro atoms. The largest absolute Gasteiger partial charge is 0.359 e. The first-order valence-electron chi connectivity index (χ1n) is 5.31. The second-order valence-corrected chi connectivity index (χ2v) is 3.95. The van der Waals surface area contributed by atoms with Crippen molar-refractivity contribution < 1.29 is 4.79 Å². The lowest BCUT2D eigenvalue weighted by atomic mass is 10.0. The summed E-state index contributed by atoms with van der Waals surface area (Å²) < 4.78 is 0. The van der Waals surface area contributed by atoms with Crippen LogP contribution in [-0.4, -0.2) is 5.78 Å². The number of carbonyl (C=O) groups excluding carboxylic acids is 1. The zero-order valence-electron chi connectivity index (χ0n) is 8.97. The molecule has 15 heavy (non-hydrogen) atoms. The summed E-state index contributed by atoms with van der Waals surface area (Å²) in [5.74, 6) is 0.234. The van der Waals surface area contributed by atoms with Gasteiger partial charge in [-0.15, -0.1) is 0 Å². The summed E-state index contributed by atoms with van der Waals surface area (Å²) in [5.41, 5.74) is 4.10. The summed E-state index contributed by atoms with van der Waals surface area (Å²) >= 11 is 0. The Morgan fingerprint density at radius 2 is 2.33 bits per heavy atom. The minimum atomic E-state index is 0.234. The lowest BCUT2D eigenvalue weighted by molar-refractivity contribution is 0.0981. The summed E-state index contributed by atoms with van der Waals surface area (Å²) in [6.07, 6.45) is 2.37. The number of carbonyl (C=O) groups is 1. The zero-order chi connectivity index (χ0) is 10.8. The number of nitrogens with one attached hydrogen (secondary N) is 1. The van der Waals surface area contributed by atoms with Gasteiger partial charge in [0.15, 0.2) is 5.78 Å². The van der Waals surface area contributed by atoms with Crippen LogP contribution in [0, 0.1) is 0 Å². The molecule has 0 amide bonds. The average Bonchev–Trinajstić information content (AvgIpc) is 2.57. The van der Waals surface area contributed by atoms with Gasteiger partial charge in [-0.3, -0.25) is 4.79 Å². The van der Waals surface area contributed by atoms with Crippen LogP contribution in [0.15, 0.2) is 30.5 Å². The second-order valence-electron chi connectivity index (χ2n) is 3.95. The van der Waals surface area contributed by atoms with Gasteiger partial charge in [-0.2, -0.15) is 0 Å². The standard InChI is InChI=1S/C13H15NO/c1-3-4-13(15)10-5-6-12-11(8-10)7-9(2)14-12/h5-6,8,14H,2-4,7H2,1H3. The SMILES string of the molecule is C=C1Cc2cc(C(=O)CCC)ccc2N1. The second kappa shape index (κ2) is 3.89. The highest BCUT2D eigenvalue weighted by Crippen LogP contribution is 2.28. The molecule has 0 fully saturated rings. The van der Waals surface area contributed by atoms with Crippen molar-refractivity contribution in [3.8, 4) is 0 Å². The molecule has 0 aromatic heterocycles. The van der Waals surface area contributed by atoms with Crippen molar-refractivity contribution in [2.75, 3.05) is 5.32 Å². The van der Waals surface area contributed by atoms with Gasteiger partial charge in [0.05, 0.1) is 0 Å². The van der Waals surface area contributed by atoms with Gasteiger partial charge in [-0.25, -0.2) is 0 Å². The smallest absolute Gasteiger partial charge is 0.162 e. The number of hydrogen-bond acceptors (Lipinski definition) is 2. The third kappa shape index (κ3) is 1.94.